The van der Waals surface area contributed by atoms with Gasteiger partial charge in [-0.3, -0.25) is 0 Å². The smallest absolute Gasteiger partial charge is 0.124 e. The van der Waals surface area contributed by atoms with E-state index in [0.717, 1.165) is 12.7 Å². The van der Waals surface area contributed by atoms with Crippen LogP contribution < -0.4 is 0 Å². The van der Waals surface area contributed by atoms with Crippen LogP contribution in [0.1, 0.15) is 43.4 Å². The second-order valence-corrected chi connectivity index (χ2v) is 6.27. The van der Waals surface area contributed by atoms with Gasteiger partial charge in [0.05, 0.1) is 0 Å². The third kappa shape index (κ3) is 1.27. The van der Waals surface area contributed by atoms with Crippen LogP contribution in [-0.4, -0.2) is 6.29 Å². The minimum atomic E-state index is 0.207. The van der Waals surface area contributed by atoms with Gasteiger partial charge < -0.3 is 4.79 Å². The van der Waals surface area contributed by atoms with Crippen molar-refractivity contribution < 1.29 is 4.79 Å². The summed E-state index contributed by atoms with van der Waals surface area (Å²) in [5.41, 5.74) is 4.53. The Morgan fingerprint density at radius 1 is 1.31 bits per heavy atom. The highest BCUT2D eigenvalue weighted by Gasteiger charge is 2.55. The van der Waals surface area contributed by atoms with E-state index in [1.807, 2.05) is 0 Å². The predicted octanol–water partition coefficient (Wildman–Crippen LogP) is 3.07. The number of hydrogen-bond acceptors (Lipinski definition) is 1. The Labute approximate surface area is 96.9 Å². The standard InChI is InChI=1S/C15H18O/c1-15(2,3)10-5-4-9-6-12-13(8-16)14(12)11(9)7-10/h4-5,7-8,12-14H,6H2,1-3H3/t12-,13+,14-/m0/s1. The highest BCUT2D eigenvalue weighted by molar-refractivity contribution is 5.66. The first-order chi connectivity index (χ1) is 7.52. The van der Waals surface area contributed by atoms with Gasteiger partial charge in [-0.15, -0.1) is 0 Å². The molecular formula is C15H18O. The van der Waals surface area contributed by atoms with Gasteiger partial charge in [0.1, 0.15) is 6.29 Å². The molecule has 1 nitrogen and oxygen atoms in total. The van der Waals surface area contributed by atoms with Crippen molar-refractivity contribution in [3.05, 3.63) is 34.9 Å². The van der Waals surface area contributed by atoms with Crippen LogP contribution in [0.15, 0.2) is 18.2 Å². The maximum Gasteiger partial charge on any atom is 0.124 e. The largest absolute Gasteiger partial charge is 0.303 e. The lowest BCUT2D eigenvalue weighted by atomic mass is 9.84. The lowest BCUT2D eigenvalue weighted by molar-refractivity contribution is -0.109. The summed E-state index contributed by atoms with van der Waals surface area (Å²) in [5, 5.41) is 0. The summed E-state index contributed by atoms with van der Waals surface area (Å²) in [6.45, 7) is 6.72. The fraction of sp³-hybridized carbons (Fsp3) is 0.533. The molecule has 0 N–H and O–H groups in total. The van der Waals surface area contributed by atoms with Crippen LogP contribution in [0.3, 0.4) is 0 Å². The van der Waals surface area contributed by atoms with Crippen LogP contribution in [0, 0.1) is 11.8 Å². The van der Waals surface area contributed by atoms with Crippen LogP contribution in [0.4, 0.5) is 0 Å². The van der Waals surface area contributed by atoms with Gasteiger partial charge in [-0.25, -0.2) is 0 Å². The summed E-state index contributed by atoms with van der Waals surface area (Å²) in [5.74, 6) is 1.50. The van der Waals surface area contributed by atoms with Crippen molar-refractivity contribution in [2.45, 2.75) is 38.5 Å². The van der Waals surface area contributed by atoms with E-state index in [1.165, 1.54) is 16.7 Å². The van der Waals surface area contributed by atoms with E-state index in [1.54, 1.807) is 0 Å². The Kier molecular flexibility index (Phi) is 1.87. The van der Waals surface area contributed by atoms with Gasteiger partial charge >= 0.3 is 0 Å². The molecule has 3 rings (SSSR count). The molecule has 2 aliphatic rings. The first-order valence-electron chi connectivity index (χ1n) is 6.11. The molecule has 0 saturated heterocycles. The SMILES string of the molecule is CC(C)(C)c1ccc2c(c1)[C@@H]1[C@H](C=O)[C@@H]1C2. The fourth-order valence-electron chi connectivity index (χ4n) is 3.10. The highest BCUT2D eigenvalue weighted by atomic mass is 16.1. The normalized spacial score (nSPS) is 30.8. The van der Waals surface area contributed by atoms with Gasteiger partial charge in [-0.05, 0) is 40.4 Å². The second-order valence-electron chi connectivity index (χ2n) is 6.27. The molecular weight excluding hydrogens is 196 g/mol. The third-order valence-electron chi connectivity index (χ3n) is 4.21. The maximum atomic E-state index is 10.9. The number of carbonyl (C=O) groups excluding carboxylic acids is 1. The fourth-order valence-corrected chi connectivity index (χ4v) is 3.10. The summed E-state index contributed by atoms with van der Waals surface area (Å²) in [6, 6.07) is 6.85. The molecule has 0 unspecified atom stereocenters. The topological polar surface area (TPSA) is 17.1 Å². The Morgan fingerprint density at radius 2 is 2.06 bits per heavy atom. The Hall–Kier alpha value is -1.11. The zero-order valence-electron chi connectivity index (χ0n) is 10.2. The predicted molar refractivity (Wildman–Crippen MR) is 64.6 cm³/mol. The summed E-state index contributed by atoms with van der Waals surface area (Å²) < 4.78 is 0. The molecule has 1 heteroatoms. The number of carbonyl (C=O) groups is 1. The average molecular weight is 214 g/mol. The number of benzene rings is 1. The van der Waals surface area contributed by atoms with E-state index in [0.29, 0.717) is 17.8 Å². The first kappa shape index (κ1) is 10.1. The zero-order chi connectivity index (χ0) is 11.5. The van der Waals surface area contributed by atoms with E-state index >= 15 is 0 Å². The maximum absolute atomic E-state index is 10.9. The molecule has 0 spiro atoms. The van der Waals surface area contributed by atoms with E-state index in [4.69, 9.17) is 0 Å². The lowest BCUT2D eigenvalue weighted by Crippen LogP contribution is -2.11. The Balaban J connectivity index is 2.01. The monoisotopic (exact) mass is 214 g/mol. The molecule has 1 saturated carbocycles. The molecule has 0 aliphatic heterocycles. The Morgan fingerprint density at radius 3 is 2.69 bits per heavy atom. The molecule has 0 amide bonds. The van der Waals surface area contributed by atoms with Crippen molar-refractivity contribution in [3.63, 3.8) is 0 Å². The van der Waals surface area contributed by atoms with Gasteiger partial charge in [0.25, 0.3) is 0 Å². The Bertz CT molecular complexity index is 453. The molecule has 84 valence electrons. The molecule has 1 aromatic carbocycles. The van der Waals surface area contributed by atoms with Gasteiger partial charge in [-0.2, -0.15) is 0 Å². The van der Waals surface area contributed by atoms with Crippen molar-refractivity contribution >= 4 is 6.29 Å². The van der Waals surface area contributed by atoms with Gasteiger partial charge in [0.2, 0.25) is 0 Å². The van der Waals surface area contributed by atoms with Gasteiger partial charge in [-0.1, -0.05) is 39.0 Å². The molecule has 3 atom stereocenters. The van der Waals surface area contributed by atoms with E-state index in [2.05, 4.69) is 39.0 Å². The van der Waals surface area contributed by atoms with E-state index < -0.39 is 0 Å². The molecule has 1 aromatic rings. The van der Waals surface area contributed by atoms with E-state index in [-0.39, 0.29) is 5.41 Å². The first-order valence-corrected chi connectivity index (χ1v) is 6.11. The molecule has 1 fully saturated rings. The van der Waals surface area contributed by atoms with Crippen LogP contribution in [-0.2, 0) is 16.6 Å². The van der Waals surface area contributed by atoms with E-state index in [9.17, 15) is 4.79 Å². The van der Waals surface area contributed by atoms with Crippen molar-refractivity contribution in [2.24, 2.45) is 11.8 Å². The minimum Gasteiger partial charge on any atom is -0.303 e. The molecule has 0 radical (unpaired) electrons. The average Bonchev–Trinajstić information content (AvgIpc) is 2.78. The van der Waals surface area contributed by atoms with Crippen LogP contribution >= 0.6 is 0 Å². The molecule has 0 aromatic heterocycles. The van der Waals surface area contributed by atoms with Crippen molar-refractivity contribution in [1.82, 2.24) is 0 Å². The number of rotatable bonds is 1. The minimum absolute atomic E-state index is 0.207. The van der Waals surface area contributed by atoms with Crippen LogP contribution in [0.2, 0.25) is 0 Å². The molecule has 0 heterocycles. The van der Waals surface area contributed by atoms with Crippen molar-refractivity contribution in [1.29, 1.82) is 0 Å². The highest BCUT2D eigenvalue weighted by Crippen LogP contribution is 2.60. The summed E-state index contributed by atoms with van der Waals surface area (Å²) in [7, 11) is 0. The van der Waals surface area contributed by atoms with Gasteiger partial charge in [0.15, 0.2) is 0 Å². The third-order valence-corrected chi connectivity index (χ3v) is 4.21. The number of aldehydes is 1. The quantitative estimate of drug-likeness (QED) is 0.657. The van der Waals surface area contributed by atoms with Crippen LogP contribution in [0.25, 0.3) is 0 Å². The summed E-state index contributed by atoms with van der Waals surface area (Å²) >= 11 is 0. The molecule has 16 heavy (non-hydrogen) atoms. The van der Waals surface area contributed by atoms with Gasteiger partial charge in [0, 0.05) is 5.92 Å². The number of hydrogen-bond donors (Lipinski definition) is 0. The molecule has 0 bridgehead atoms. The van der Waals surface area contributed by atoms with Crippen molar-refractivity contribution in [2.75, 3.05) is 0 Å². The molecule has 2 aliphatic carbocycles. The van der Waals surface area contributed by atoms with Crippen LogP contribution in [0.5, 0.6) is 0 Å². The lowest BCUT2D eigenvalue weighted by Gasteiger charge is -2.20. The number of fused-ring (bicyclic) bond motifs is 3. The second kappa shape index (κ2) is 2.97. The van der Waals surface area contributed by atoms with Crippen molar-refractivity contribution in [3.8, 4) is 0 Å². The summed E-state index contributed by atoms with van der Waals surface area (Å²) in [6.07, 6.45) is 2.27. The summed E-state index contributed by atoms with van der Waals surface area (Å²) in [4.78, 5) is 10.9. The zero-order valence-corrected chi connectivity index (χ0v) is 10.2.